The van der Waals surface area contributed by atoms with Crippen molar-refractivity contribution in [1.29, 1.82) is 0 Å². The molecule has 0 bridgehead atoms. The second-order valence-electron chi connectivity index (χ2n) is 11.3. The van der Waals surface area contributed by atoms with Crippen LogP contribution in [0.1, 0.15) is 47.2 Å². The molecule has 4 aromatic carbocycles. The molecule has 220 valence electrons. The second-order valence-corrected chi connectivity index (χ2v) is 11.3. The van der Waals surface area contributed by atoms with Crippen LogP contribution in [0.5, 0.6) is 0 Å². The smallest absolute Gasteiger partial charge is 0.210 e. The lowest BCUT2D eigenvalue weighted by atomic mass is 9.78. The molecule has 2 N–H and O–H groups in total. The average Bonchev–Trinajstić information content (AvgIpc) is 3.02. The van der Waals surface area contributed by atoms with E-state index in [1.54, 1.807) is 0 Å². The van der Waals surface area contributed by atoms with Crippen molar-refractivity contribution in [3.63, 3.8) is 0 Å². The lowest BCUT2D eigenvalue weighted by Crippen LogP contribution is -2.61. The van der Waals surface area contributed by atoms with Crippen molar-refractivity contribution in [1.82, 2.24) is 20.4 Å². The topological polar surface area (TPSA) is 47.6 Å². The minimum atomic E-state index is -0.545. The summed E-state index contributed by atoms with van der Waals surface area (Å²) in [6, 6.07) is 39.0. The van der Waals surface area contributed by atoms with E-state index in [4.69, 9.17) is 0 Å². The number of carbonyl (C=O) groups excluding carboxylic acids is 1. The van der Waals surface area contributed by atoms with E-state index >= 15 is 0 Å². The Morgan fingerprint density at radius 2 is 1.05 bits per heavy atom. The van der Waals surface area contributed by atoms with Crippen molar-refractivity contribution in [2.45, 2.75) is 51.6 Å². The van der Waals surface area contributed by atoms with Gasteiger partial charge >= 0.3 is 0 Å². The van der Waals surface area contributed by atoms with Crippen LogP contribution < -0.4 is 10.6 Å². The maximum absolute atomic E-state index is 12.6. The highest BCUT2D eigenvalue weighted by Gasteiger charge is 2.44. The molecule has 1 fully saturated rings. The van der Waals surface area contributed by atoms with E-state index in [0.29, 0.717) is 12.6 Å². The van der Waals surface area contributed by atoms with Crippen molar-refractivity contribution < 1.29 is 4.79 Å². The maximum atomic E-state index is 12.6. The molecule has 4 aromatic rings. The fourth-order valence-electron chi connectivity index (χ4n) is 5.85. The van der Waals surface area contributed by atoms with Gasteiger partial charge in [-0.05, 0) is 47.2 Å². The Morgan fingerprint density at radius 1 is 0.643 bits per heavy atom. The zero-order valence-corrected chi connectivity index (χ0v) is 25.5. The lowest BCUT2D eigenvalue weighted by Gasteiger charge is -2.51. The number of piperazine rings is 1. The molecule has 1 saturated heterocycles. The van der Waals surface area contributed by atoms with Gasteiger partial charge in [0.2, 0.25) is 6.41 Å². The number of hydrogen-bond donors (Lipinski definition) is 2. The molecule has 1 aliphatic rings. The number of rotatable bonds is 12. The van der Waals surface area contributed by atoms with Crippen molar-refractivity contribution in [2.75, 3.05) is 19.6 Å². The summed E-state index contributed by atoms with van der Waals surface area (Å²) in [6.07, 6.45) is 1.04. The summed E-state index contributed by atoms with van der Waals surface area (Å²) >= 11 is 0. The highest BCUT2D eigenvalue weighted by molar-refractivity contribution is 5.85. The van der Waals surface area contributed by atoms with Crippen LogP contribution in [0.25, 0.3) is 0 Å². The van der Waals surface area contributed by atoms with Gasteiger partial charge in [0.05, 0.1) is 0 Å². The van der Waals surface area contributed by atoms with Gasteiger partial charge in [-0.2, -0.15) is 0 Å². The molecule has 1 heterocycles. The summed E-state index contributed by atoms with van der Waals surface area (Å²) in [4.78, 5) is 17.1. The molecule has 0 spiro atoms. The van der Waals surface area contributed by atoms with Crippen LogP contribution in [-0.2, 0) is 36.5 Å². The molecule has 1 aliphatic heterocycles. The maximum Gasteiger partial charge on any atom is 0.210 e. The molecule has 5 nitrogen and oxygen atoms in total. The first-order valence-corrected chi connectivity index (χ1v) is 14.7. The number of hydrogen-bond acceptors (Lipinski definition) is 4. The van der Waals surface area contributed by atoms with Crippen LogP contribution >= 0.6 is 12.4 Å². The van der Waals surface area contributed by atoms with Gasteiger partial charge in [-0.3, -0.25) is 9.69 Å². The van der Waals surface area contributed by atoms with Crippen LogP contribution in [-0.4, -0.2) is 41.9 Å². The first kappa shape index (κ1) is 31.5. The van der Waals surface area contributed by atoms with Gasteiger partial charge in [-0.1, -0.05) is 109 Å². The summed E-state index contributed by atoms with van der Waals surface area (Å²) in [5.74, 6) is 0. The third kappa shape index (κ3) is 7.47. The van der Waals surface area contributed by atoms with Crippen molar-refractivity contribution >= 4 is 18.8 Å². The van der Waals surface area contributed by atoms with Gasteiger partial charge < -0.3 is 15.5 Å². The highest BCUT2D eigenvalue weighted by atomic mass is 35.5. The number of halogens is 1. The van der Waals surface area contributed by atoms with Gasteiger partial charge in [0.25, 0.3) is 0 Å². The van der Waals surface area contributed by atoms with Crippen molar-refractivity contribution in [3.8, 4) is 0 Å². The van der Waals surface area contributed by atoms with Gasteiger partial charge in [-0.25, -0.2) is 0 Å². The van der Waals surface area contributed by atoms with E-state index in [-0.39, 0.29) is 12.4 Å². The monoisotopic (exact) mass is 582 g/mol. The molecule has 0 atom stereocenters. The Balaban J connectivity index is 0.00000405. The predicted octanol–water partition coefficient (Wildman–Crippen LogP) is 6.11. The number of amides is 1. The minimum Gasteiger partial charge on any atom is -0.329 e. The van der Waals surface area contributed by atoms with Crippen LogP contribution in [0.2, 0.25) is 0 Å². The van der Waals surface area contributed by atoms with Crippen molar-refractivity contribution in [3.05, 3.63) is 143 Å². The summed E-state index contributed by atoms with van der Waals surface area (Å²) in [7, 11) is 0. The molecular formula is C36H43ClN4O. The van der Waals surface area contributed by atoms with Crippen molar-refractivity contribution in [2.24, 2.45) is 0 Å². The summed E-state index contributed by atoms with van der Waals surface area (Å²) in [5, 5.41) is 7.11. The molecule has 0 aliphatic carbocycles. The van der Waals surface area contributed by atoms with E-state index in [1.807, 2.05) is 17.0 Å². The zero-order valence-electron chi connectivity index (χ0n) is 24.7. The first-order chi connectivity index (χ1) is 20.1. The number of benzene rings is 4. The predicted molar refractivity (Wildman–Crippen MR) is 174 cm³/mol. The molecule has 0 saturated carbocycles. The Hall–Kier alpha value is -3.48. The Labute approximate surface area is 257 Å². The molecule has 1 amide bonds. The summed E-state index contributed by atoms with van der Waals surface area (Å²) in [5.41, 5.74) is 6.77. The number of carbonyl (C=O) groups is 1. The largest absolute Gasteiger partial charge is 0.329 e. The standard InChI is InChI=1S/C36H42N4O.ClH/c1-29(2)39-21-22-40(28-41)36(27-39,34-17-13-32(14-18-34)25-37-23-30-9-5-3-6-10-30)35-19-15-33(16-20-35)26-38-24-31-11-7-4-8-12-31;/h3-20,28-29,37-38H,21-27H2,1-2H3;1H. The summed E-state index contributed by atoms with van der Waals surface area (Å²) < 4.78 is 0. The van der Waals surface area contributed by atoms with E-state index in [1.165, 1.54) is 22.3 Å². The van der Waals surface area contributed by atoms with Gasteiger partial charge in [-0.15, -0.1) is 12.4 Å². The Bertz CT molecular complexity index is 1270. The van der Waals surface area contributed by atoms with Gasteiger partial charge in [0.15, 0.2) is 0 Å². The Kier molecular flexibility index (Phi) is 11.3. The molecule has 42 heavy (non-hydrogen) atoms. The molecule has 0 radical (unpaired) electrons. The van der Waals surface area contributed by atoms with Crippen LogP contribution in [0.3, 0.4) is 0 Å². The fraction of sp³-hybridized carbons (Fsp3) is 0.306. The van der Waals surface area contributed by atoms with Gasteiger partial charge in [0, 0.05) is 51.9 Å². The number of nitrogens with zero attached hydrogens (tertiary/aromatic N) is 2. The quantitative estimate of drug-likeness (QED) is 0.198. The van der Waals surface area contributed by atoms with E-state index in [9.17, 15) is 4.79 Å². The molecule has 5 rings (SSSR count). The van der Waals surface area contributed by atoms with Crippen LogP contribution in [0, 0.1) is 0 Å². The first-order valence-electron chi connectivity index (χ1n) is 14.7. The molecule has 0 aromatic heterocycles. The normalized spacial score (nSPS) is 14.9. The number of nitrogens with one attached hydrogen (secondary N) is 2. The second kappa shape index (κ2) is 15.1. The lowest BCUT2D eigenvalue weighted by molar-refractivity contribution is -0.127. The third-order valence-corrected chi connectivity index (χ3v) is 8.27. The highest BCUT2D eigenvalue weighted by Crippen LogP contribution is 2.39. The van der Waals surface area contributed by atoms with E-state index < -0.39 is 5.54 Å². The molecule has 0 unspecified atom stereocenters. The average molecular weight is 583 g/mol. The molecular weight excluding hydrogens is 540 g/mol. The minimum absolute atomic E-state index is 0. The summed E-state index contributed by atoms with van der Waals surface area (Å²) in [6.45, 7) is 10.1. The Morgan fingerprint density at radius 3 is 1.43 bits per heavy atom. The zero-order chi connectivity index (χ0) is 28.5. The van der Waals surface area contributed by atoms with Gasteiger partial charge in [0.1, 0.15) is 5.54 Å². The SMILES string of the molecule is CC(C)N1CCN(C=O)C(c2ccc(CNCc3ccccc3)cc2)(c2ccc(CNCc3ccccc3)cc2)C1.Cl. The van der Waals surface area contributed by atoms with Crippen LogP contribution in [0.15, 0.2) is 109 Å². The van der Waals surface area contributed by atoms with Crippen LogP contribution in [0.4, 0.5) is 0 Å². The van der Waals surface area contributed by atoms with E-state index in [0.717, 1.165) is 56.8 Å². The third-order valence-electron chi connectivity index (χ3n) is 8.27. The van der Waals surface area contributed by atoms with E-state index in [2.05, 4.69) is 126 Å². The fourth-order valence-corrected chi connectivity index (χ4v) is 5.85. The molecule has 6 heteroatoms.